The van der Waals surface area contributed by atoms with Crippen LogP contribution in [0.25, 0.3) is 56.3 Å². The van der Waals surface area contributed by atoms with Crippen molar-refractivity contribution in [3.8, 4) is 33.4 Å². The molecule has 0 aromatic heterocycles. The van der Waals surface area contributed by atoms with Gasteiger partial charge in [-0.25, -0.2) is 0 Å². The van der Waals surface area contributed by atoms with Gasteiger partial charge in [-0.1, -0.05) is 189 Å². The molecule has 7 rings (SSSR count). The molecule has 0 amide bonds. The van der Waals surface area contributed by atoms with Gasteiger partial charge in [0, 0.05) is 15.9 Å². The van der Waals surface area contributed by atoms with Gasteiger partial charge in [0.25, 0.3) is 0 Å². The maximum absolute atomic E-state index is 15.0. The van der Waals surface area contributed by atoms with Crippen molar-refractivity contribution in [3.05, 3.63) is 188 Å². The molecule has 0 aliphatic rings. The minimum atomic E-state index is -3.08. The molecule has 220 valence electrons. The average Bonchev–Trinajstić information content (AvgIpc) is 3.14. The number of hydrogen-bond donors (Lipinski definition) is 0. The summed E-state index contributed by atoms with van der Waals surface area (Å²) in [5, 5.41) is 4.73. The molecule has 0 unspecified atom stereocenters. The van der Waals surface area contributed by atoms with Gasteiger partial charge in [0.1, 0.15) is 0 Å². The predicted molar refractivity (Wildman–Crippen MR) is 200 cm³/mol. The molecule has 0 heterocycles. The Morgan fingerprint density at radius 1 is 0.370 bits per heavy atom. The van der Waals surface area contributed by atoms with Crippen LogP contribution in [-0.2, 0) is 4.57 Å². The summed E-state index contributed by atoms with van der Waals surface area (Å²) < 4.78 is 15.0. The van der Waals surface area contributed by atoms with E-state index in [9.17, 15) is 4.57 Å². The molecule has 0 bridgehead atoms. The molecule has 46 heavy (non-hydrogen) atoms. The van der Waals surface area contributed by atoms with Gasteiger partial charge in [0.05, 0.1) is 0 Å². The summed E-state index contributed by atoms with van der Waals surface area (Å²) >= 11 is 0. The topological polar surface area (TPSA) is 17.1 Å². The zero-order valence-corrected chi connectivity index (χ0v) is 26.4. The summed E-state index contributed by atoms with van der Waals surface area (Å²) in [6.07, 6.45) is 3.88. The molecule has 2 heteroatoms. The van der Waals surface area contributed by atoms with Crippen LogP contribution in [0.4, 0.5) is 0 Å². The van der Waals surface area contributed by atoms with E-state index < -0.39 is 7.14 Å². The van der Waals surface area contributed by atoms with E-state index >= 15 is 0 Å². The fourth-order valence-electron chi connectivity index (χ4n) is 6.55. The summed E-state index contributed by atoms with van der Waals surface area (Å²) in [7, 11) is -3.08. The number of hydrogen-bond acceptors (Lipinski definition) is 1. The number of rotatable bonds is 8. The SMILES string of the molecule is C=Cc1c(C=C)c(-c2ccc(P(=O)(c3ccccc3)c3ccccc3)cc2)c2ccccc2c1-c1ccc(-c2ccccc2)cc1. The summed E-state index contributed by atoms with van der Waals surface area (Å²) in [5.41, 5.74) is 8.83. The second-order valence-electron chi connectivity index (χ2n) is 11.3. The van der Waals surface area contributed by atoms with Crippen molar-refractivity contribution in [1.82, 2.24) is 0 Å². The van der Waals surface area contributed by atoms with E-state index in [1.165, 1.54) is 11.1 Å². The van der Waals surface area contributed by atoms with E-state index in [0.717, 1.165) is 60.1 Å². The predicted octanol–water partition coefficient (Wildman–Crippen LogP) is 10.8. The second kappa shape index (κ2) is 12.5. The lowest BCUT2D eigenvalue weighted by Gasteiger charge is -2.22. The Bertz CT molecular complexity index is 2170. The fourth-order valence-corrected chi connectivity index (χ4v) is 9.19. The molecule has 0 spiro atoms. The third-order valence-electron chi connectivity index (χ3n) is 8.74. The first-order valence-corrected chi connectivity index (χ1v) is 17.2. The molecule has 0 aliphatic heterocycles. The third kappa shape index (κ3) is 5.06. The Balaban J connectivity index is 1.39. The smallest absolute Gasteiger partial charge is 0.171 e. The summed E-state index contributed by atoms with van der Waals surface area (Å²) in [6, 6.07) is 55.6. The molecule has 0 fully saturated rings. The van der Waals surface area contributed by atoms with Gasteiger partial charge in [-0.05, 0) is 55.3 Å². The third-order valence-corrected chi connectivity index (χ3v) is 11.8. The Kier molecular flexibility index (Phi) is 7.93. The lowest BCUT2D eigenvalue weighted by atomic mass is 9.83. The highest BCUT2D eigenvalue weighted by Crippen LogP contribution is 2.45. The normalized spacial score (nSPS) is 11.3. The Morgan fingerprint density at radius 2 is 0.696 bits per heavy atom. The summed E-state index contributed by atoms with van der Waals surface area (Å²) in [4.78, 5) is 0. The van der Waals surface area contributed by atoms with Crippen molar-refractivity contribution in [2.45, 2.75) is 0 Å². The molecule has 0 radical (unpaired) electrons. The van der Waals surface area contributed by atoms with Crippen molar-refractivity contribution < 1.29 is 4.57 Å². The van der Waals surface area contributed by atoms with E-state index in [0.29, 0.717) is 0 Å². The molecule has 7 aromatic carbocycles. The molecule has 0 N–H and O–H groups in total. The van der Waals surface area contributed by atoms with Crippen LogP contribution >= 0.6 is 7.14 Å². The van der Waals surface area contributed by atoms with Crippen molar-refractivity contribution in [1.29, 1.82) is 0 Å². The first kappa shape index (κ1) is 29.2. The van der Waals surface area contributed by atoms with Gasteiger partial charge in [-0.3, -0.25) is 0 Å². The van der Waals surface area contributed by atoms with E-state index in [1.54, 1.807) is 0 Å². The largest absolute Gasteiger partial charge is 0.309 e. The second-order valence-corrected chi connectivity index (χ2v) is 14.1. The van der Waals surface area contributed by atoms with Gasteiger partial charge in [0.15, 0.2) is 7.14 Å². The maximum atomic E-state index is 15.0. The zero-order chi connectivity index (χ0) is 31.5. The highest BCUT2D eigenvalue weighted by atomic mass is 31.2. The molecule has 0 saturated carbocycles. The zero-order valence-electron chi connectivity index (χ0n) is 25.5. The fraction of sp³-hybridized carbons (Fsp3) is 0. The van der Waals surface area contributed by atoms with Crippen molar-refractivity contribution >= 4 is 46.0 Å². The highest BCUT2D eigenvalue weighted by Gasteiger charge is 2.29. The molecule has 0 atom stereocenters. The average molecular weight is 609 g/mol. The Hall–Kier alpha value is -5.49. The van der Waals surface area contributed by atoms with Crippen molar-refractivity contribution in [3.63, 3.8) is 0 Å². The minimum Gasteiger partial charge on any atom is -0.309 e. The van der Waals surface area contributed by atoms with E-state index in [-0.39, 0.29) is 0 Å². The number of benzene rings is 7. The Labute approximate surface area is 271 Å². The van der Waals surface area contributed by atoms with Crippen molar-refractivity contribution in [2.24, 2.45) is 0 Å². The molecular formula is C44H33OP. The molecule has 7 aromatic rings. The van der Waals surface area contributed by atoms with Crippen LogP contribution in [0.3, 0.4) is 0 Å². The lowest BCUT2D eigenvalue weighted by Crippen LogP contribution is -2.24. The van der Waals surface area contributed by atoms with Gasteiger partial charge < -0.3 is 4.57 Å². The van der Waals surface area contributed by atoms with E-state index in [1.807, 2.05) is 91.0 Å². The van der Waals surface area contributed by atoms with Gasteiger partial charge in [0.2, 0.25) is 0 Å². The summed E-state index contributed by atoms with van der Waals surface area (Å²) in [6.45, 7) is 8.53. The monoisotopic (exact) mass is 608 g/mol. The van der Waals surface area contributed by atoms with E-state index in [2.05, 4.69) is 98.1 Å². The van der Waals surface area contributed by atoms with Crippen molar-refractivity contribution in [2.75, 3.05) is 0 Å². The summed E-state index contributed by atoms with van der Waals surface area (Å²) in [5.74, 6) is 0. The quantitative estimate of drug-likeness (QED) is 0.157. The van der Waals surface area contributed by atoms with Gasteiger partial charge in [-0.2, -0.15) is 0 Å². The highest BCUT2D eigenvalue weighted by molar-refractivity contribution is 7.85. The molecular weight excluding hydrogens is 575 g/mol. The maximum Gasteiger partial charge on any atom is 0.171 e. The van der Waals surface area contributed by atoms with Gasteiger partial charge in [-0.15, -0.1) is 0 Å². The van der Waals surface area contributed by atoms with Crippen LogP contribution in [0.5, 0.6) is 0 Å². The van der Waals surface area contributed by atoms with Crippen LogP contribution in [0, 0.1) is 0 Å². The van der Waals surface area contributed by atoms with Crippen LogP contribution in [0.1, 0.15) is 11.1 Å². The Morgan fingerprint density at radius 3 is 1.13 bits per heavy atom. The van der Waals surface area contributed by atoms with Crippen LogP contribution < -0.4 is 15.9 Å². The van der Waals surface area contributed by atoms with Crippen LogP contribution in [0.2, 0.25) is 0 Å². The molecule has 1 nitrogen and oxygen atoms in total. The van der Waals surface area contributed by atoms with Crippen LogP contribution in [-0.4, -0.2) is 0 Å². The van der Waals surface area contributed by atoms with E-state index in [4.69, 9.17) is 0 Å². The molecule has 0 aliphatic carbocycles. The molecule has 0 saturated heterocycles. The first-order valence-electron chi connectivity index (χ1n) is 15.4. The lowest BCUT2D eigenvalue weighted by molar-refractivity contribution is 0.592. The standard InChI is InChI=1S/C44H33OP/c1-3-39-40(4-2)44(35-28-30-38(31-29-35)46(45,36-18-10-6-11-19-36)37-20-12-7-13-21-37)42-23-15-14-22-41(42)43(39)34-26-24-33(25-27-34)32-16-8-5-9-17-32/h3-31H,1-2H2. The minimum absolute atomic E-state index is 0.803. The first-order chi connectivity index (χ1) is 22.6. The van der Waals surface area contributed by atoms with Crippen LogP contribution in [0.15, 0.2) is 177 Å². The van der Waals surface area contributed by atoms with Gasteiger partial charge >= 0.3 is 0 Å². The number of fused-ring (bicyclic) bond motifs is 1.